The van der Waals surface area contributed by atoms with Gasteiger partial charge >= 0.3 is 6.03 Å². The van der Waals surface area contributed by atoms with E-state index in [2.05, 4.69) is 22.2 Å². The van der Waals surface area contributed by atoms with Gasteiger partial charge in [-0.05, 0) is 59.0 Å². The van der Waals surface area contributed by atoms with Gasteiger partial charge < -0.3 is 19.9 Å². The first-order valence-electron chi connectivity index (χ1n) is 8.42. The standard InChI is InChI=1S/C16H31N3O2/c1-13(2)21-11-5-8-17-16(20)19-9-4-6-14-12-18(3)10-7-15(14)19/h13-15H,4-12H2,1-3H3,(H,17,20)/t14-,15+/m0/s1. The lowest BCUT2D eigenvalue weighted by molar-refractivity contribution is 0.0523. The molecule has 2 aliphatic rings. The maximum Gasteiger partial charge on any atom is 0.317 e. The minimum absolute atomic E-state index is 0.124. The molecule has 2 fully saturated rings. The van der Waals surface area contributed by atoms with Gasteiger partial charge in [-0.1, -0.05) is 0 Å². The van der Waals surface area contributed by atoms with Crippen LogP contribution in [0.25, 0.3) is 0 Å². The average molecular weight is 297 g/mol. The van der Waals surface area contributed by atoms with Gasteiger partial charge in [0.1, 0.15) is 0 Å². The number of urea groups is 1. The van der Waals surface area contributed by atoms with E-state index in [1.165, 1.54) is 6.42 Å². The van der Waals surface area contributed by atoms with Crippen LogP contribution in [0.4, 0.5) is 4.79 Å². The molecule has 0 bridgehead atoms. The predicted molar refractivity (Wildman–Crippen MR) is 84.4 cm³/mol. The van der Waals surface area contributed by atoms with E-state index in [1.807, 2.05) is 13.8 Å². The Hall–Kier alpha value is -0.810. The normalized spacial score (nSPS) is 26.8. The third-order valence-electron chi connectivity index (χ3n) is 4.58. The lowest BCUT2D eigenvalue weighted by Gasteiger charge is -2.46. The van der Waals surface area contributed by atoms with Crippen molar-refractivity contribution in [3.05, 3.63) is 0 Å². The largest absolute Gasteiger partial charge is 0.379 e. The molecule has 2 aliphatic heterocycles. The van der Waals surface area contributed by atoms with Gasteiger partial charge in [-0.15, -0.1) is 0 Å². The van der Waals surface area contributed by atoms with Crippen molar-refractivity contribution >= 4 is 6.03 Å². The minimum Gasteiger partial charge on any atom is -0.379 e. The Balaban J connectivity index is 1.73. The molecule has 0 unspecified atom stereocenters. The van der Waals surface area contributed by atoms with Gasteiger partial charge in [0.05, 0.1) is 6.10 Å². The van der Waals surface area contributed by atoms with Gasteiger partial charge in [0, 0.05) is 32.3 Å². The second-order valence-corrected chi connectivity index (χ2v) is 6.72. The molecule has 5 heteroatoms. The monoisotopic (exact) mass is 297 g/mol. The molecule has 0 aromatic rings. The number of likely N-dealkylation sites (tertiary alicyclic amines) is 2. The first-order chi connectivity index (χ1) is 10.1. The van der Waals surface area contributed by atoms with E-state index in [0.29, 0.717) is 18.5 Å². The Labute approximate surface area is 129 Å². The van der Waals surface area contributed by atoms with Crippen molar-refractivity contribution in [1.29, 1.82) is 0 Å². The number of carbonyl (C=O) groups is 1. The lowest BCUT2D eigenvalue weighted by atomic mass is 9.84. The topological polar surface area (TPSA) is 44.8 Å². The molecule has 0 spiro atoms. The summed E-state index contributed by atoms with van der Waals surface area (Å²) in [4.78, 5) is 16.9. The van der Waals surface area contributed by atoms with Gasteiger partial charge in [-0.2, -0.15) is 0 Å². The molecular formula is C16H31N3O2. The maximum absolute atomic E-state index is 12.4. The second-order valence-electron chi connectivity index (χ2n) is 6.72. The van der Waals surface area contributed by atoms with Crippen molar-refractivity contribution in [3.63, 3.8) is 0 Å². The molecule has 5 nitrogen and oxygen atoms in total. The number of amides is 2. The van der Waals surface area contributed by atoms with Crippen LogP contribution in [0, 0.1) is 5.92 Å². The van der Waals surface area contributed by atoms with Crippen LogP contribution in [0.3, 0.4) is 0 Å². The third kappa shape index (κ3) is 4.85. The quantitative estimate of drug-likeness (QED) is 0.789. The molecule has 2 heterocycles. The number of ether oxygens (including phenoxy) is 1. The first-order valence-corrected chi connectivity index (χ1v) is 8.42. The molecule has 2 amide bonds. The maximum atomic E-state index is 12.4. The van der Waals surface area contributed by atoms with E-state index in [9.17, 15) is 4.79 Å². The molecule has 0 aromatic carbocycles. The van der Waals surface area contributed by atoms with Crippen LogP contribution in [-0.2, 0) is 4.74 Å². The summed E-state index contributed by atoms with van der Waals surface area (Å²) in [7, 11) is 2.18. The fourth-order valence-corrected chi connectivity index (χ4v) is 3.53. The summed E-state index contributed by atoms with van der Waals surface area (Å²) in [5.41, 5.74) is 0. The number of piperidine rings is 2. The zero-order valence-corrected chi connectivity index (χ0v) is 13.8. The zero-order valence-electron chi connectivity index (χ0n) is 13.8. The summed E-state index contributed by atoms with van der Waals surface area (Å²) in [5.74, 6) is 0.660. The Kier molecular flexibility index (Phi) is 6.30. The van der Waals surface area contributed by atoms with Gasteiger partial charge in [0.15, 0.2) is 0 Å². The van der Waals surface area contributed by atoms with Crippen LogP contribution in [-0.4, -0.2) is 67.8 Å². The highest BCUT2D eigenvalue weighted by Gasteiger charge is 2.37. The highest BCUT2D eigenvalue weighted by Crippen LogP contribution is 2.29. The van der Waals surface area contributed by atoms with Crippen molar-refractivity contribution in [2.75, 3.05) is 39.8 Å². The molecule has 0 radical (unpaired) electrons. The van der Waals surface area contributed by atoms with E-state index in [0.717, 1.165) is 45.5 Å². The number of fused-ring (bicyclic) bond motifs is 1. The molecule has 0 saturated carbocycles. The summed E-state index contributed by atoms with van der Waals surface area (Å²) in [6, 6.07) is 0.570. The smallest absolute Gasteiger partial charge is 0.317 e. The lowest BCUT2D eigenvalue weighted by Crippen LogP contribution is -2.57. The SMILES string of the molecule is CC(C)OCCCNC(=O)N1CCC[C@H]2CN(C)CC[C@H]21. The number of carbonyl (C=O) groups excluding carboxylic acids is 1. The Morgan fingerprint density at radius 2 is 2.14 bits per heavy atom. The van der Waals surface area contributed by atoms with Gasteiger partial charge in [0.2, 0.25) is 0 Å². The van der Waals surface area contributed by atoms with Crippen LogP contribution in [0.2, 0.25) is 0 Å². The molecule has 0 aromatic heterocycles. The van der Waals surface area contributed by atoms with E-state index in [1.54, 1.807) is 0 Å². The number of hydrogen-bond acceptors (Lipinski definition) is 3. The van der Waals surface area contributed by atoms with Crippen LogP contribution in [0.5, 0.6) is 0 Å². The molecule has 2 saturated heterocycles. The predicted octanol–water partition coefficient (Wildman–Crippen LogP) is 1.93. The van der Waals surface area contributed by atoms with Crippen LogP contribution in [0.1, 0.15) is 39.5 Å². The van der Waals surface area contributed by atoms with Crippen LogP contribution < -0.4 is 5.32 Å². The molecule has 122 valence electrons. The molecule has 1 N–H and O–H groups in total. The van der Waals surface area contributed by atoms with E-state index >= 15 is 0 Å². The highest BCUT2D eigenvalue weighted by molar-refractivity contribution is 5.74. The van der Waals surface area contributed by atoms with Crippen molar-refractivity contribution in [2.24, 2.45) is 5.92 Å². The van der Waals surface area contributed by atoms with Crippen molar-refractivity contribution < 1.29 is 9.53 Å². The van der Waals surface area contributed by atoms with E-state index < -0.39 is 0 Å². The minimum atomic E-state index is 0.124. The summed E-state index contributed by atoms with van der Waals surface area (Å²) in [6.45, 7) is 8.65. The molecule has 0 aliphatic carbocycles. The molecule has 2 atom stereocenters. The molecule has 2 rings (SSSR count). The van der Waals surface area contributed by atoms with Crippen LogP contribution in [0.15, 0.2) is 0 Å². The third-order valence-corrected chi connectivity index (χ3v) is 4.58. The molecular weight excluding hydrogens is 266 g/mol. The second kappa shape index (κ2) is 7.99. The van der Waals surface area contributed by atoms with E-state index in [4.69, 9.17) is 4.74 Å². The van der Waals surface area contributed by atoms with Crippen LogP contribution >= 0.6 is 0 Å². The van der Waals surface area contributed by atoms with Gasteiger partial charge in [-0.25, -0.2) is 4.79 Å². The van der Waals surface area contributed by atoms with E-state index in [-0.39, 0.29) is 12.1 Å². The van der Waals surface area contributed by atoms with Gasteiger partial charge in [0.25, 0.3) is 0 Å². The number of rotatable bonds is 5. The average Bonchev–Trinajstić information content (AvgIpc) is 2.45. The Bertz CT molecular complexity index is 335. The summed E-state index contributed by atoms with van der Waals surface area (Å²) in [5, 5.41) is 3.06. The fraction of sp³-hybridized carbons (Fsp3) is 0.938. The summed E-state index contributed by atoms with van der Waals surface area (Å²) in [6.07, 6.45) is 4.67. The first kappa shape index (κ1) is 16.6. The molecule has 21 heavy (non-hydrogen) atoms. The van der Waals surface area contributed by atoms with Gasteiger partial charge in [-0.3, -0.25) is 0 Å². The number of hydrogen-bond donors (Lipinski definition) is 1. The van der Waals surface area contributed by atoms with Crippen molar-refractivity contribution in [3.8, 4) is 0 Å². The Morgan fingerprint density at radius 1 is 1.33 bits per heavy atom. The summed E-state index contributed by atoms with van der Waals surface area (Å²) >= 11 is 0. The van der Waals surface area contributed by atoms with Crippen molar-refractivity contribution in [2.45, 2.75) is 51.7 Å². The highest BCUT2D eigenvalue weighted by atomic mass is 16.5. The Morgan fingerprint density at radius 3 is 2.90 bits per heavy atom. The summed E-state index contributed by atoms with van der Waals surface area (Å²) < 4.78 is 5.50. The van der Waals surface area contributed by atoms with Crippen molar-refractivity contribution in [1.82, 2.24) is 15.1 Å². The number of nitrogens with one attached hydrogen (secondary N) is 1. The number of nitrogens with zero attached hydrogens (tertiary/aromatic N) is 2. The zero-order chi connectivity index (χ0) is 15.2. The fourth-order valence-electron chi connectivity index (χ4n) is 3.53.